The second-order valence-corrected chi connectivity index (χ2v) is 10.1. The summed E-state index contributed by atoms with van der Waals surface area (Å²) < 4.78 is 32.8. The van der Waals surface area contributed by atoms with Gasteiger partial charge in [-0.3, -0.25) is 28.8 Å². The van der Waals surface area contributed by atoms with Crippen LogP contribution in [0, 0.1) is 0 Å². The maximum atomic E-state index is 13.4. The molecule has 6 atom stereocenters. The van der Waals surface area contributed by atoms with E-state index >= 15 is 0 Å². The smallest absolute Gasteiger partial charge is 0.338 e. The maximum Gasteiger partial charge on any atom is 0.338 e. The topological polar surface area (TPSA) is 199 Å². The molecule has 1 heterocycles. The van der Waals surface area contributed by atoms with Crippen LogP contribution >= 0.6 is 0 Å². The maximum absolute atomic E-state index is 13.4. The molecule has 1 aliphatic rings. The highest BCUT2D eigenvalue weighted by molar-refractivity contribution is 5.91. The fraction of sp³-hybridized carbons (Fsp3) is 0.552. The highest BCUT2D eigenvalue weighted by Gasteiger charge is 2.58. The first-order chi connectivity index (χ1) is 20.7. The number of hydrogen-bond acceptors (Lipinski definition) is 13. The van der Waals surface area contributed by atoms with E-state index in [9.17, 15) is 33.6 Å². The van der Waals surface area contributed by atoms with Crippen molar-refractivity contribution in [3.05, 3.63) is 30.3 Å². The molecule has 0 radical (unpaired) electrons. The summed E-state index contributed by atoms with van der Waals surface area (Å²) in [6, 6.07) is 7.25. The van der Waals surface area contributed by atoms with Crippen molar-refractivity contribution < 1.29 is 62.0 Å². The molecule has 15 heteroatoms. The molecular formula is C29H38N2O13. The summed E-state index contributed by atoms with van der Waals surface area (Å²) in [7, 11) is 1.08. The number of anilines is 1. The number of rotatable bonds is 13. The van der Waals surface area contributed by atoms with Gasteiger partial charge in [0.2, 0.25) is 11.8 Å². The lowest BCUT2D eigenvalue weighted by Crippen LogP contribution is -2.68. The summed E-state index contributed by atoms with van der Waals surface area (Å²) in [5.41, 5.74) is -1.50. The largest absolute Gasteiger partial charge is 0.467 e. The van der Waals surface area contributed by atoms with E-state index < -0.39 is 84.3 Å². The molecule has 0 unspecified atom stereocenters. The van der Waals surface area contributed by atoms with Crippen LogP contribution in [0.4, 0.5) is 5.69 Å². The van der Waals surface area contributed by atoms with Gasteiger partial charge in [0.15, 0.2) is 17.8 Å². The van der Waals surface area contributed by atoms with Gasteiger partial charge in [-0.2, -0.15) is 0 Å². The lowest BCUT2D eigenvalue weighted by atomic mass is 9.80. The van der Waals surface area contributed by atoms with Crippen LogP contribution in [-0.4, -0.2) is 91.4 Å². The second kappa shape index (κ2) is 16.4. The number of para-hydroxylation sites is 1. The van der Waals surface area contributed by atoms with Crippen molar-refractivity contribution in [1.29, 1.82) is 0 Å². The predicted molar refractivity (Wildman–Crippen MR) is 149 cm³/mol. The fourth-order valence-corrected chi connectivity index (χ4v) is 4.85. The molecule has 2 amide bonds. The number of carbonyl (C=O) groups is 7. The zero-order valence-corrected chi connectivity index (χ0v) is 25.4. The van der Waals surface area contributed by atoms with Crippen LogP contribution in [0.1, 0.15) is 53.9 Å². The number of amides is 2. The minimum Gasteiger partial charge on any atom is -0.467 e. The Morgan fingerprint density at radius 2 is 1.55 bits per heavy atom. The Balaban J connectivity index is 2.65. The van der Waals surface area contributed by atoms with E-state index in [1.54, 1.807) is 30.3 Å². The third kappa shape index (κ3) is 10.6. The zero-order valence-electron chi connectivity index (χ0n) is 25.4. The molecule has 0 bridgehead atoms. The van der Waals surface area contributed by atoms with Gasteiger partial charge in [0.25, 0.3) is 0 Å². The van der Waals surface area contributed by atoms with E-state index in [1.165, 1.54) is 6.92 Å². The summed E-state index contributed by atoms with van der Waals surface area (Å²) in [5, 5.41) is 5.29. The average molecular weight is 623 g/mol. The van der Waals surface area contributed by atoms with E-state index in [0.717, 1.165) is 34.8 Å². The lowest BCUT2D eigenvalue weighted by Gasteiger charge is -2.49. The number of methoxy groups -OCH3 is 1. The molecule has 1 aromatic rings. The van der Waals surface area contributed by atoms with Gasteiger partial charge in [-0.1, -0.05) is 18.2 Å². The fourth-order valence-electron chi connectivity index (χ4n) is 4.85. The molecule has 0 saturated carbocycles. The Hall–Kier alpha value is -4.53. The number of nitrogens with one attached hydrogen (secondary N) is 2. The standard InChI is InChI=1S/C29H38N2O13/c1-16(32)30-25-22(41-18(3)34)14-29(28(38)39-6,13-12-24(37)31-21-10-8-7-9-11-21)44-27(25)26(43-20(5)36)23(42-19(4)35)15-40-17(2)33/h7-11,22-23,25-27H,12-15H2,1-6H3,(H,30,32)(H,31,37)/t22-,23+,25+,26+,27+,29+/m0/s1. The van der Waals surface area contributed by atoms with Crippen molar-refractivity contribution in [2.45, 2.75) is 89.9 Å². The minimum absolute atomic E-state index is 0.284. The van der Waals surface area contributed by atoms with Crippen LogP contribution in [0.3, 0.4) is 0 Å². The quantitative estimate of drug-likeness (QED) is 0.233. The first kappa shape index (κ1) is 35.7. The van der Waals surface area contributed by atoms with E-state index in [2.05, 4.69) is 10.6 Å². The number of carbonyl (C=O) groups excluding carboxylic acids is 7. The van der Waals surface area contributed by atoms with Crippen molar-refractivity contribution in [2.75, 3.05) is 19.0 Å². The van der Waals surface area contributed by atoms with Crippen LogP contribution in [0.2, 0.25) is 0 Å². The van der Waals surface area contributed by atoms with Gasteiger partial charge in [0, 0.05) is 53.1 Å². The Labute approximate surface area is 254 Å². The first-order valence-corrected chi connectivity index (χ1v) is 13.7. The molecular weight excluding hydrogens is 584 g/mol. The minimum atomic E-state index is -2.00. The molecule has 1 aliphatic heterocycles. The number of esters is 5. The number of benzene rings is 1. The van der Waals surface area contributed by atoms with Gasteiger partial charge >= 0.3 is 29.8 Å². The van der Waals surface area contributed by atoms with Gasteiger partial charge < -0.3 is 39.1 Å². The normalized spacial score (nSPS) is 22.3. The lowest BCUT2D eigenvalue weighted by molar-refractivity contribution is -0.243. The van der Waals surface area contributed by atoms with Crippen LogP contribution in [-0.2, 0) is 62.0 Å². The van der Waals surface area contributed by atoms with Gasteiger partial charge in [-0.05, 0) is 18.6 Å². The van der Waals surface area contributed by atoms with Crippen LogP contribution in [0.5, 0.6) is 0 Å². The molecule has 242 valence electrons. The third-order valence-corrected chi connectivity index (χ3v) is 6.47. The molecule has 1 aromatic carbocycles. The average Bonchev–Trinajstić information content (AvgIpc) is 2.93. The predicted octanol–water partition coefficient (Wildman–Crippen LogP) is 0.969. The molecule has 44 heavy (non-hydrogen) atoms. The molecule has 2 rings (SSSR count). The Bertz CT molecular complexity index is 1220. The molecule has 15 nitrogen and oxygen atoms in total. The van der Waals surface area contributed by atoms with Crippen molar-refractivity contribution in [2.24, 2.45) is 0 Å². The molecule has 0 aliphatic carbocycles. The highest BCUT2D eigenvalue weighted by Crippen LogP contribution is 2.39. The summed E-state index contributed by atoms with van der Waals surface area (Å²) in [5.74, 6) is -5.33. The zero-order chi connectivity index (χ0) is 33.0. The second-order valence-electron chi connectivity index (χ2n) is 10.1. The van der Waals surface area contributed by atoms with Gasteiger partial charge in [0.1, 0.15) is 18.8 Å². The van der Waals surface area contributed by atoms with Crippen LogP contribution < -0.4 is 10.6 Å². The monoisotopic (exact) mass is 622 g/mol. The van der Waals surface area contributed by atoms with Crippen molar-refractivity contribution in [3.8, 4) is 0 Å². The van der Waals surface area contributed by atoms with E-state index in [4.69, 9.17) is 28.4 Å². The van der Waals surface area contributed by atoms with Crippen molar-refractivity contribution >= 4 is 47.3 Å². The Morgan fingerprint density at radius 3 is 2.07 bits per heavy atom. The van der Waals surface area contributed by atoms with Crippen molar-refractivity contribution in [3.63, 3.8) is 0 Å². The molecule has 1 saturated heterocycles. The Morgan fingerprint density at radius 1 is 0.909 bits per heavy atom. The molecule has 0 aromatic heterocycles. The first-order valence-electron chi connectivity index (χ1n) is 13.7. The summed E-state index contributed by atoms with van der Waals surface area (Å²) in [4.78, 5) is 86.8. The van der Waals surface area contributed by atoms with Crippen molar-refractivity contribution in [1.82, 2.24) is 5.32 Å². The van der Waals surface area contributed by atoms with E-state index in [1.807, 2.05) is 0 Å². The van der Waals surface area contributed by atoms with Crippen LogP contribution in [0.15, 0.2) is 30.3 Å². The number of hydrogen-bond donors (Lipinski definition) is 2. The third-order valence-electron chi connectivity index (χ3n) is 6.47. The van der Waals surface area contributed by atoms with E-state index in [-0.39, 0.29) is 19.3 Å². The summed E-state index contributed by atoms with van der Waals surface area (Å²) in [6.07, 6.45) is -6.98. The summed E-state index contributed by atoms with van der Waals surface area (Å²) in [6.45, 7) is 4.87. The molecule has 1 fully saturated rings. The Kier molecular flexibility index (Phi) is 13.3. The highest BCUT2D eigenvalue weighted by atomic mass is 16.6. The SMILES string of the molecule is COC(=O)[C@@]1(CCC(=O)Nc2ccccc2)C[C@H](OC(C)=O)[C@@H](NC(C)=O)[C@H]([C@H](OC(C)=O)[C@@H](COC(C)=O)OC(C)=O)O1. The molecule has 2 N–H and O–H groups in total. The van der Waals surface area contributed by atoms with Gasteiger partial charge in [0.05, 0.1) is 13.2 Å². The van der Waals surface area contributed by atoms with Gasteiger partial charge in [-0.15, -0.1) is 0 Å². The van der Waals surface area contributed by atoms with Crippen LogP contribution in [0.25, 0.3) is 0 Å². The van der Waals surface area contributed by atoms with E-state index in [0.29, 0.717) is 5.69 Å². The number of ether oxygens (including phenoxy) is 6. The summed E-state index contributed by atoms with van der Waals surface area (Å²) >= 11 is 0. The molecule has 0 spiro atoms. The van der Waals surface area contributed by atoms with Gasteiger partial charge in [-0.25, -0.2) is 4.79 Å².